The van der Waals surface area contributed by atoms with Crippen LogP contribution in [-0.2, 0) is 0 Å². The summed E-state index contributed by atoms with van der Waals surface area (Å²) in [6, 6.07) is 4.53. The molecule has 0 saturated heterocycles. The van der Waals surface area contributed by atoms with E-state index < -0.39 is 0 Å². The Morgan fingerprint density at radius 3 is 2.85 bits per heavy atom. The third-order valence-electron chi connectivity index (χ3n) is 2.13. The lowest BCUT2D eigenvalue weighted by molar-refractivity contribution is 0.245. The molecule has 0 radical (unpaired) electrons. The molecule has 1 aliphatic rings. The molecule has 2 nitrogen and oxygen atoms in total. The molecule has 1 heterocycles. The fourth-order valence-electron chi connectivity index (χ4n) is 1.27. The smallest absolute Gasteiger partial charge is 0.0931 e. The van der Waals surface area contributed by atoms with E-state index in [1.54, 1.807) is 0 Å². The number of aliphatic hydroxyl groups excluding tert-OH is 1. The SMILES string of the molecule is OCC(NC1CC1)c1ccc(Cl)s1. The van der Waals surface area contributed by atoms with Gasteiger partial charge >= 0.3 is 0 Å². The van der Waals surface area contributed by atoms with E-state index in [0.717, 1.165) is 9.21 Å². The summed E-state index contributed by atoms with van der Waals surface area (Å²) >= 11 is 7.36. The van der Waals surface area contributed by atoms with Gasteiger partial charge in [0.25, 0.3) is 0 Å². The minimum atomic E-state index is 0.0741. The highest BCUT2D eigenvalue weighted by atomic mass is 35.5. The quantitative estimate of drug-likeness (QED) is 0.811. The Balaban J connectivity index is 2.01. The summed E-state index contributed by atoms with van der Waals surface area (Å²) < 4.78 is 0.783. The molecule has 2 rings (SSSR count). The van der Waals surface area contributed by atoms with Gasteiger partial charge in [0.1, 0.15) is 0 Å². The second-order valence-corrected chi connectivity index (χ2v) is 5.06. The van der Waals surface area contributed by atoms with Gasteiger partial charge in [-0.05, 0) is 25.0 Å². The average Bonchev–Trinajstić information content (AvgIpc) is 2.84. The first kappa shape index (κ1) is 9.46. The Hall–Kier alpha value is -0.0900. The normalized spacial score (nSPS) is 18.9. The third kappa shape index (κ3) is 2.44. The fraction of sp³-hybridized carbons (Fsp3) is 0.556. The van der Waals surface area contributed by atoms with Crippen LogP contribution >= 0.6 is 22.9 Å². The van der Waals surface area contributed by atoms with Crippen molar-refractivity contribution in [1.82, 2.24) is 5.32 Å². The summed E-state index contributed by atoms with van der Waals surface area (Å²) in [5, 5.41) is 12.5. The van der Waals surface area contributed by atoms with Crippen molar-refractivity contribution < 1.29 is 5.11 Å². The Morgan fingerprint density at radius 1 is 1.62 bits per heavy atom. The lowest BCUT2D eigenvalue weighted by atomic mass is 10.2. The van der Waals surface area contributed by atoms with E-state index in [1.807, 2.05) is 12.1 Å². The lowest BCUT2D eigenvalue weighted by Crippen LogP contribution is -2.25. The van der Waals surface area contributed by atoms with Crippen LogP contribution in [0.4, 0.5) is 0 Å². The lowest BCUT2D eigenvalue weighted by Gasteiger charge is -2.13. The zero-order valence-electron chi connectivity index (χ0n) is 7.16. The average molecular weight is 218 g/mol. The minimum Gasteiger partial charge on any atom is -0.394 e. The topological polar surface area (TPSA) is 32.3 Å². The van der Waals surface area contributed by atoms with Crippen LogP contribution in [0.15, 0.2) is 12.1 Å². The van der Waals surface area contributed by atoms with Crippen molar-refractivity contribution >= 4 is 22.9 Å². The molecule has 0 aliphatic heterocycles. The van der Waals surface area contributed by atoms with E-state index in [4.69, 9.17) is 16.7 Å². The summed E-state index contributed by atoms with van der Waals surface area (Å²) in [5.41, 5.74) is 0. The van der Waals surface area contributed by atoms with Crippen LogP contribution < -0.4 is 5.32 Å². The second-order valence-electron chi connectivity index (χ2n) is 3.32. The first-order valence-electron chi connectivity index (χ1n) is 4.41. The first-order chi connectivity index (χ1) is 6.29. The van der Waals surface area contributed by atoms with Crippen LogP contribution in [0, 0.1) is 0 Å². The minimum absolute atomic E-state index is 0.0741. The monoisotopic (exact) mass is 217 g/mol. The predicted molar refractivity (Wildman–Crippen MR) is 55.3 cm³/mol. The van der Waals surface area contributed by atoms with E-state index in [-0.39, 0.29) is 12.6 Å². The second kappa shape index (κ2) is 3.96. The van der Waals surface area contributed by atoms with Gasteiger partial charge in [0.2, 0.25) is 0 Å². The van der Waals surface area contributed by atoms with Crippen molar-refractivity contribution in [3.63, 3.8) is 0 Å². The summed E-state index contributed by atoms with van der Waals surface area (Å²) in [6.45, 7) is 0.146. The van der Waals surface area contributed by atoms with Gasteiger partial charge in [-0.3, -0.25) is 0 Å². The van der Waals surface area contributed by atoms with Crippen LogP contribution in [0.1, 0.15) is 23.8 Å². The summed E-state index contributed by atoms with van der Waals surface area (Å²) in [4.78, 5) is 1.12. The molecule has 2 N–H and O–H groups in total. The Morgan fingerprint density at radius 2 is 2.38 bits per heavy atom. The van der Waals surface area contributed by atoms with Crippen molar-refractivity contribution in [2.75, 3.05) is 6.61 Å². The molecular formula is C9H12ClNOS. The maximum atomic E-state index is 9.17. The molecular weight excluding hydrogens is 206 g/mol. The first-order valence-corrected chi connectivity index (χ1v) is 5.61. The number of thiophene rings is 1. The summed E-state index contributed by atoms with van der Waals surface area (Å²) in [5.74, 6) is 0. The highest BCUT2D eigenvalue weighted by molar-refractivity contribution is 7.16. The Kier molecular flexibility index (Phi) is 2.89. The van der Waals surface area contributed by atoms with Crippen molar-refractivity contribution in [3.05, 3.63) is 21.3 Å². The highest BCUT2D eigenvalue weighted by Gasteiger charge is 2.25. The van der Waals surface area contributed by atoms with Gasteiger partial charge in [-0.1, -0.05) is 11.6 Å². The van der Waals surface area contributed by atoms with Crippen LogP contribution in [0.2, 0.25) is 4.34 Å². The standard InChI is InChI=1S/C9H12ClNOS/c10-9-4-3-8(13-9)7(5-12)11-6-1-2-6/h3-4,6-7,11-12H,1-2,5H2. The molecule has 1 fully saturated rings. The largest absolute Gasteiger partial charge is 0.394 e. The van der Waals surface area contributed by atoms with Gasteiger partial charge < -0.3 is 10.4 Å². The van der Waals surface area contributed by atoms with Crippen molar-refractivity contribution in [1.29, 1.82) is 0 Å². The van der Waals surface area contributed by atoms with Crippen LogP contribution in [0.5, 0.6) is 0 Å². The van der Waals surface area contributed by atoms with Crippen molar-refractivity contribution in [2.24, 2.45) is 0 Å². The van der Waals surface area contributed by atoms with Crippen LogP contribution in [0.25, 0.3) is 0 Å². The number of rotatable bonds is 4. The van der Waals surface area contributed by atoms with Crippen molar-refractivity contribution in [2.45, 2.75) is 24.9 Å². The number of hydrogen-bond donors (Lipinski definition) is 2. The van der Waals surface area contributed by atoms with Gasteiger partial charge in [-0.15, -0.1) is 11.3 Å². The van der Waals surface area contributed by atoms with E-state index in [1.165, 1.54) is 24.2 Å². The molecule has 72 valence electrons. The molecule has 1 aromatic heterocycles. The molecule has 1 aliphatic carbocycles. The molecule has 13 heavy (non-hydrogen) atoms. The molecule has 0 aromatic carbocycles. The zero-order chi connectivity index (χ0) is 9.26. The molecule has 1 unspecified atom stereocenters. The molecule has 0 amide bonds. The fourth-order valence-corrected chi connectivity index (χ4v) is 2.39. The number of hydrogen-bond acceptors (Lipinski definition) is 3. The summed E-state index contributed by atoms with van der Waals surface area (Å²) in [7, 11) is 0. The number of halogens is 1. The summed E-state index contributed by atoms with van der Waals surface area (Å²) in [6.07, 6.45) is 2.46. The molecule has 0 bridgehead atoms. The Labute approximate surface area is 86.5 Å². The van der Waals surface area contributed by atoms with Crippen LogP contribution in [0.3, 0.4) is 0 Å². The third-order valence-corrected chi connectivity index (χ3v) is 3.48. The van der Waals surface area contributed by atoms with Gasteiger partial charge in [0.15, 0.2) is 0 Å². The van der Waals surface area contributed by atoms with Crippen molar-refractivity contribution in [3.8, 4) is 0 Å². The van der Waals surface area contributed by atoms with Gasteiger partial charge in [0.05, 0.1) is 17.0 Å². The molecule has 1 saturated carbocycles. The van der Waals surface area contributed by atoms with Gasteiger partial charge in [-0.2, -0.15) is 0 Å². The number of aliphatic hydroxyl groups is 1. The molecule has 4 heteroatoms. The number of nitrogens with one attached hydrogen (secondary N) is 1. The van der Waals surface area contributed by atoms with E-state index >= 15 is 0 Å². The molecule has 1 aromatic rings. The maximum absolute atomic E-state index is 9.17. The van der Waals surface area contributed by atoms with E-state index in [0.29, 0.717) is 6.04 Å². The van der Waals surface area contributed by atoms with Gasteiger partial charge in [0, 0.05) is 10.9 Å². The van der Waals surface area contributed by atoms with E-state index in [9.17, 15) is 0 Å². The zero-order valence-corrected chi connectivity index (χ0v) is 8.74. The predicted octanol–water partition coefficient (Wildman–Crippen LogP) is 2.19. The highest BCUT2D eigenvalue weighted by Crippen LogP contribution is 2.29. The Bertz CT molecular complexity index is 285. The van der Waals surface area contributed by atoms with Crippen LogP contribution in [-0.4, -0.2) is 17.8 Å². The maximum Gasteiger partial charge on any atom is 0.0931 e. The molecule has 0 spiro atoms. The van der Waals surface area contributed by atoms with E-state index in [2.05, 4.69) is 5.32 Å². The molecule has 1 atom stereocenters. The van der Waals surface area contributed by atoms with Gasteiger partial charge in [-0.25, -0.2) is 0 Å².